The summed E-state index contributed by atoms with van der Waals surface area (Å²) in [5.74, 6) is 0.628. The van der Waals surface area contributed by atoms with Crippen LogP contribution in [0.1, 0.15) is 34.3 Å². The molecule has 1 fully saturated rings. The Labute approximate surface area is 213 Å². The number of benzene rings is 2. The summed E-state index contributed by atoms with van der Waals surface area (Å²) in [6.07, 6.45) is 6.21. The lowest BCUT2D eigenvalue weighted by Gasteiger charge is -2.14. The van der Waals surface area contributed by atoms with Crippen molar-refractivity contribution in [2.75, 3.05) is 17.7 Å². The van der Waals surface area contributed by atoms with Gasteiger partial charge >= 0.3 is 0 Å². The molecule has 2 aromatic carbocycles. The van der Waals surface area contributed by atoms with E-state index in [1.165, 1.54) is 25.6 Å². The molecule has 0 unspecified atom stereocenters. The van der Waals surface area contributed by atoms with Crippen molar-refractivity contribution in [3.63, 3.8) is 0 Å². The second-order valence-corrected chi connectivity index (χ2v) is 8.68. The number of amides is 2. The Balaban J connectivity index is 1.45. The number of carbonyl (C=O) groups excluding carboxylic acids is 2. The molecule has 1 aromatic heterocycles. The van der Waals surface area contributed by atoms with E-state index in [9.17, 15) is 9.59 Å². The smallest absolute Gasteiger partial charge is 0.251 e. The second kappa shape index (κ2) is 11.1. The number of anilines is 3. The standard InChI is InChI=1S/C26H26ClN5O4/c1-4-23(33)31-20-8-5-15(2)9-21(20)32-26-28-12-19(13-29-26)36-14-17-10-16(11-22(35-3)24(17)27)25(34)30-18-6-7-18/h4-5,8-13,18H,1,6-7,14H2,2-3H3,(H,30,34)(H,31,33)(H,28,29,32). The first-order valence-corrected chi connectivity index (χ1v) is 11.7. The van der Waals surface area contributed by atoms with Crippen LogP contribution in [0, 0.1) is 6.92 Å². The third-order valence-electron chi connectivity index (χ3n) is 5.40. The van der Waals surface area contributed by atoms with E-state index in [2.05, 4.69) is 32.5 Å². The van der Waals surface area contributed by atoms with Crippen LogP contribution in [0.25, 0.3) is 0 Å². The highest BCUT2D eigenvalue weighted by Gasteiger charge is 2.25. The predicted molar refractivity (Wildman–Crippen MR) is 138 cm³/mol. The highest BCUT2D eigenvalue weighted by Crippen LogP contribution is 2.31. The average Bonchev–Trinajstić information content (AvgIpc) is 3.69. The predicted octanol–water partition coefficient (Wildman–Crippen LogP) is 4.79. The van der Waals surface area contributed by atoms with Gasteiger partial charge in [0.1, 0.15) is 12.4 Å². The Morgan fingerprint density at radius 2 is 1.92 bits per heavy atom. The van der Waals surface area contributed by atoms with Gasteiger partial charge < -0.3 is 25.4 Å². The third kappa shape index (κ3) is 6.31. The van der Waals surface area contributed by atoms with Crippen molar-refractivity contribution in [1.82, 2.24) is 15.3 Å². The molecule has 3 N–H and O–H groups in total. The molecule has 1 aliphatic carbocycles. The van der Waals surface area contributed by atoms with Gasteiger partial charge in [0, 0.05) is 17.2 Å². The first-order valence-electron chi connectivity index (χ1n) is 11.3. The molecule has 3 aromatic rings. The van der Waals surface area contributed by atoms with Gasteiger partial charge in [0.25, 0.3) is 5.91 Å². The van der Waals surface area contributed by atoms with Crippen LogP contribution in [-0.4, -0.2) is 34.9 Å². The van der Waals surface area contributed by atoms with E-state index in [-0.39, 0.29) is 24.5 Å². The van der Waals surface area contributed by atoms with E-state index in [1.807, 2.05) is 19.1 Å². The Kier molecular flexibility index (Phi) is 7.70. The fourth-order valence-corrected chi connectivity index (χ4v) is 3.57. The lowest BCUT2D eigenvalue weighted by atomic mass is 10.1. The molecule has 1 aliphatic rings. The van der Waals surface area contributed by atoms with Crippen molar-refractivity contribution in [2.45, 2.75) is 32.4 Å². The molecule has 0 atom stereocenters. The van der Waals surface area contributed by atoms with E-state index in [4.69, 9.17) is 21.1 Å². The fraction of sp³-hybridized carbons (Fsp3) is 0.231. The molecule has 1 saturated carbocycles. The summed E-state index contributed by atoms with van der Waals surface area (Å²) in [7, 11) is 1.50. The number of nitrogens with zero attached hydrogens (tertiary/aromatic N) is 2. The minimum absolute atomic E-state index is 0.0888. The maximum Gasteiger partial charge on any atom is 0.251 e. The van der Waals surface area contributed by atoms with Crippen molar-refractivity contribution in [1.29, 1.82) is 0 Å². The molecule has 0 bridgehead atoms. The molecular formula is C26H26ClN5O4. The summed E-state index contributed by atoms with van der Waals surface area (Å²) in [6.45, 7) is 5.50. The molecule has 0 saturated heterocycles. The Morgan fingerprint density at radius 3 is 2.58 bits per heavy atom. The van der Waals surface area contributed by atoms with Crippen LogP contribution in [0.15, 0.2) is 55.4 Å². The van der Waals surface area contributed by atoms with E-state index in [0.29, 0.717) is 45.0 Å². The fourth-order valence-electron chi connectivity index (χ4n) is 3.33. The second-order valence-electron chi connectivity index (χ2n) is 8.30. The molecule has 2 amide bonds. The van der Waals surface area contributed by atoms with Gasteiger partial charge in [-0.1, -0.05) is 24.2 Å². The molecule has 186 valence electrons. The molecular weight excluding hydrogens is 482 g/mol. The monoisotopic (exact) mass is 507 g/mol. The minimum Gasteiger partial charge on any atom is -0.495 e. The zero-order chi connectivity index (χ0) is 25.7. The summed E-state index contributed by atoms with van der Waals surface area (Å²) in [4.78, 5) is 32.8. The van der Waals surface area contributed by atoms with Crippen LogP contribution < -0.4 is 25.4 Å². The highest BCUT2D eigenvalue weighted by atomic mass is 35.5. The van der Waals surface area contributed by atoms with Crippen molar-refractivity contribution in [2.24, 2.45) is 0 Å². The summed E-state index contributed by atoms with van der Waals surface area (Å²) < 4.78 is 11.2. The van der Waals surface area contributed by atoms with Crippen LogP contribution in [0.5, 0.6) is 11.5 Å². The maximum absolute atomic E-state index is 12.5. The van der Waals surface area contributed by atoms with E-state index in [1.54, 1.807) is 18.2 Å². The minimum atomic E-state index is -0.323. The van der Waals surface area contributed by atoms with Crippen LogP contribution in [0.4, 0.5) is 17.3 Å². The highest BCUT2D eigenvalue weighted by molar-refractivity contribution is 6.33. The first kappa shape index (κ1) is 25.0. The number of hydrogen-bond donors (Lipinski definition) is 3. The summed E-state index contributed by atoms with van der Waals surface area (Å²) >= 11 is 6.45. The zero-order valence-electron chi connectivity index (χ0n) is 19.9. The van der Waals surface area contributed by atoms with Gasteiger partial charge in [-0.05, 0) is 55.7 Å². The van der Waals surface area contributed by atoms with Gasteiger partial charge in [0.05, 0.1) is 35.9 Å². The Morgan fingerprint density at radius 1 is 1.17 bits per heavy atom. The number of halogens is 1. The van der Waals surface area contributed by atoms with Gasteiger partial charge in [-0.15, -0.1) is 0 Å². The van der Waals surface area contributed by atoms with Gasteiger partial charge in [0.15, 0.2) is 5.75 Å². The largest absolute Gasteiger partial charge is 0.495 e. The quantitative estimate of drug-likeness (QED) is 0.338. The molecule has 36 heavy (non-hydrogen) atoms. The van der Waals surface area contributed by atoms with Crippen LogP contribution >= 0.6 is 11.6 Å². The number of aromatic nitrogens is 2. The third-order valence-corrected chi connectivity index (χ3v) is 5.83. The molecule has 9 nitrogen and oxygen atoms in total. The van der Waals surface area contributed by atoms with Crippen LogP contribution in [-0.2, 0) is 11.4 Å². The molecule has 0 radical (unpaired) electrons. The number of carbonyl (C=O) groups is 2. The summed E-state index contributed by atoms with van der Waals surface area (Å²) in [5.41, 5.74) is 3.26. The van der Waals surface area contributed by atoms with Crippen molar-refractivity contribution >= 4 is 40.7 Å². The molecule has 0 aliphatic heterocycles. The Bertz CT molecular complexity index is 1290. The van der Waals surface area contributed by atoms with Gasteiger partial charge in [-0.2, -0.15) is 0 Å². The normalized spacial score (nSPS) is 12.4. The SMILES string of the molecule is C=CC(=O)Nc1ccc(C)cc1Nc1ncc(OCc2cc(C(=O)NC3CC3)cc(OC)c2Cl)cn1. The van der Waals surface area contributed by atoms with E-state index >= 15 is 0 Å². The number of methoxy groups -OCH3 is 1. The van der Waals surface area contributed by atoms with Gasteiger partial charge in [-0.3, -0.25) is 9.59 Å². The number of rotatable bonds is 10. The van der Waals surface area contributed by atoms with E-state index in [0.717, 1.165) is 18.4 Å². The molecule has 0 spiro atoms. The molecule has 10 heteroatoms. The van der Waals surface area contributed by atoms with Crippen molar-refractivity contribution in [3.8, 4) is 11.5 Å². The maximum atomic E-state index is 12.5. The Hall–Kier alpha value is -4.11. The summed E-state index contributed by atoms with van der Waals surface area (Å²) in [5, 5.41) is 9.17. The zero-order valence-corrected chi connectivity index (χ0v) is 20.7. The lowest BCUT2D eigenvalue weighted by molar-refractivity contribution is -0.111. The number of aryl methyl sites for hydroxylation is 1. The van der Waals surface area contributed by atoms with Crippen molar-refractivity contribution in [3.05, 3.63) is 77.1 Å². The number of nitrogens with one attached hydrogen (secondary N) is 3. The average molecular weight is 508 g/mol. The van der Waals surface area contributed by atoms with Crippen LogP contribution in [0.3, 0.4) is 0 Å². The van der Waals surface area contributed by atoms with E-state index < -0.39 is 0 Å². The van der Waals surface area contributed by atoms with Crippen molar-refractivity contribution < 1.29 is 19.1 Å². The molecule has 1 heterocycles. The van der Waals surface area contributed by atoms with Crippen LogP contribution in [0.2, 0.25) is 5.02 Å². The topological polar surface area (TPSA) is 114 Å². The summed E-state index contributed by atoms with van der Waals surface area (Å²) in [6, 6.07) is 9.08. The van der Waals surface area contributed by atoms with Gasteiger partial charge in [0.2, 0.25) is 11.9 Å². The first-order chi connectivity index (χ1) is 17.4. The number of hydrogen-bond acceptors (Lipinski definition) is 7. The van der Waals surface area contributed by atoms with Gasteiger partial charge in [-0.25, -0.2) is 9.97 Å². The molecule has 4 rings (SSSR count). The lowest BCUT2D eigenvalue weighted by Crippen LogP contribution is -2.25. The number of ether oxygens (including phenoxy) is 2.